The highest BCUT2D eigenvalue weighted by molar-refractivity contribution is 6.08. The van der Waals surface area contributed by atoms with Crippen molar-refractivity contribution in [2.24, 2.45) is 0 Å². The van der Waals surface area contributed by atoms with Gasteiger partial charge >= 0.3 is 0 Å². The Kier molecular flexibility index (Phi) is 5.52. The number of aromatic amines is 1. The molecule has 1 saturated heterocycles. The van der Waals surface area contributed by atoms with E-state index in [0.29, 0.717) is 12.1 Å². The Labute approximate surface area is 165 Å². The third-order valence-corrected chi connectivity index (χ3v) is 5.43. The highest BCUT2D eigenvalue weighted by Gasteiger charge is 2.19. The largest absolute Gasteiger partial charge is 0.360 e. The van der Waals surface area contributed by atoms with Crippen LogP contribution in [-0.2, 0) is 6.54 Å². The Hall–Kier alpha value is -2.94. The number of rotatable bonds is 5. The van der Waals surface area contributed by atoms with Crippen LogP contribution in [0.3, 0.4) is 0 Å². The number of fused-ring (bicyclic) bond motifs is 1. The molecule has 0 saturated carbocycles. The molecule has 5 nitrogen and oxygen atoms in total. The molecule has 1 aromatic heterocycles. The summed E-state index contributed by atoms with van der Waals surface area (Å²) in [5.74, 6) is 0.179. The summed E-state index contributed by atoms with van der Waals surface area (Å²) in [5.41, 5.74) is 3.72. The lowest BCUT2D eigenvalue weighted by atomic mass is 10.1. The molecule has 0 spiro atoms. The lowest BCUT2D eigenvalue weighted by Gasteiger charge is -2.21. The monoisotopic (exact) mass is 372 g/mol. The number of para-hydroxylation sites is 1. The Morgan fingerprint density at radius 1 is 1.00 bits per heavy atom. The third kappa shape index (κ3) is 4.14. The van der Waals surface area contributed by atoms with Crippen molar-refractivity contribution in [3.05, 3.63) is 71.4 Å². The van der Waals surface area contributed by atoms with E-state index in [-0.39, 0.29) is 5.78 Å². The van der Waals surface area contributed by atoms with Gasteiger partial charge in [0.05, 0.1) is 18.2 Å². The van der Waals surface area contributed by atoms with Crippen LogP contribution >= 0.6 is 0 Å². The van der Waals surface area contributed by atoms with Crippen molar-refractivity contribution in [3.63, 3.8) is 0 Å². The molecule has 1 fully saturated rings. The summed E-state index contributed by atoms with van der Waals surface area (Å²) in [7, 11) is 0. The molecule has 2 heterocycles. The van der Waals surface area contributed by atoms with Gasteiger partial charge in [0.25, 0.3) is 0 Å². The highest BCUT2D eigenvalue weighted by Crippen LogP contribution is 2.19. The second-order valence-corrected chi connectivity index (χ2v) is 7.39. The van der Waals surface area contributed by atoms with Gasteiger partial charge in [0, 0.05) is 42.3 Å². The number of carbonyl (C=O) groups excluding carboxylic acids is 1. The SMILES string of the molecule is N#Cc1ccc(CN2CCCN(CC(=O)c3c[nH]c4ccccc34)CC2)cc1. The van der Waals surface area contributed by atoms with Gasteiger partial charge in [0.15, 0.2) is 5.78 Å². The maximum absolute atomic E-state index is 12.8. The fourth-order valence-corrected chi connectivity index (χ4v) is 3.87. The number of hydrogen-bond acceptors (Lipinski definition) is 4. The van der Waals surface area contributed by atoms with Crippen molar-refractivity contribution in [1.82, 2.24) is 14.8 Å². The van der Waals surface area contributed by atoms with Gasteiger partial charge in [-0.25, -0.2) is 0 Å². The van der Waals surface area contributed by atoms with Crippen LogP contribution in [0.4, 0.5) is 0 Å². The van der Waals surface area contributed by atoms with Gasteiger partial charge < -0.3 is 4.98 Å². The molecule has 1 aliphatic rings. The summed E-state index contributed by atoms with van der Waals surface area (Å²) < 4.78 is 0. The zero-order valence-electron chi connectivity index (χ0n) is 15.9. The summed E-state index contributed by atoms with van der Waals surface area (Å²) >= 11 is 0. The van der Waals surface area contributed by atoms with Crippen LogP contribution in [0, 0.1) is 11.3 Å². The standard InChI is InChI=1S/C23H24N4O/c24-14-18-6-8-19(9-7-18)16-26-10-3-11-27(13-12-26)17-23(28)21-15-25-22-5-2-1-4-20(21)22/h1-2,4-9,15,25H,3,10-13,16-17H2. The van der Waals surface area contributed by atoms with E-state index in [1.807, 2.05) is 54.7 Å². The molecule has 142 valence electrons. The number of Topliss-reactive ketones (excluding diaryl/α,β-unsaturated/α-hetero) is 1. The molecule has 0 bridgehead atoms. The first-order chi connectivity index (χ1) is 13.7. The zero-order valence-corrected chi connectivity index (χ0v) is 15.9. The van der Waals surface area contributed by atoms with Gasteiger partial charge in [-0.1, -0.05) is 30.3 Å². The molecule has 28 heavy (non-hydrogen) atoms. The maximum Gasteiger partial charge on any atom is 0.178 e. The van der Waals surface area contributed by atoms with Crippen LogP contribution in [0.2, 0.25) is 0 Å². The predicted molar refractivity (Wildman–Crippen MR) is 110 cm³/mol. The molecular formula is C23H24N4O. The van der Waals surface area contributed by atoms with E-state index in [1.54, 1.807) is 0 Å². The van der Waals surface area contributed by atoms with E-state index >= 15 is 0 Å². The van der Waals surface area contributed by atoms with E-state index in [2.05, 4.69) is 20.9 Å². The first kappa shape index (κ1) is 18.4. The Bertz CT molecular complexity index is 999. The van der Waals surface area contributed by atoms with E-state index in [0.717, 1.165) is 55.6 Å². The summed E-state index contributed by atoms with van der Waals surface area (Å²) in [5, 5.41) is 9.92. The number of ketones is 1. The average Bonchev–Trinajstić information content (AvgIpc) is 3.04. The number of H-pyrrole nitrogens is 1. The quantitative estimate of drug-likeness (QED) is 0.697. The number of nitriles is 1. The average molecular weight is 372 g/mol. The van der Waals surface area contributed by atoms with Crippen LogP contribution in [0.15, 0.2) is 54.7 Å². The van der Waals surface area contributed by atoms with Gasteiger partial charge in [-0.15, -0.1) is 0 Å². The number of carbonyl (C=O) groups is 1. The summed E-state index contributed by atoms with van der Waals surface area (Å²) in [6.07, 6.45) is 2.89. The molecule has 1 aliphatic heterocycles. The third-order valence-electron chi connectivity index (χ3n) is 5.43. The molecule has 0 aliphatic carbocycles. The first-order valence-electron chi connectivity index (χ1n) is 9.76. The second kappa shape index (κ2) is 8.39. The molecular weight excluding hydrogens is 348 g/mol. The minimum absolute atomic E-state index is 0.179. The summed E-state index contributed by atoms with van der Waals surface area (Å²) in [6.45, 7) is 5.16. The van der Waals surface area contributed by atoms with Crippen molar-refractivity contribution >= 4 is 16.7 Å². The van der Waals surface area contributed by atoms with Crippen molar-refractivity contribution in [2.45, 2.75) is 13.0 Å². The number of nitrogens with zero attached hydrogens (tertiary/aromatic N) is 3. The number of hydrogen-bond donors (Lipinski definition) is 1. The number of aromatic nitrogens is 1. The molecule has 4 rings (SSSR count). The van der Waals surface area contributed by atoms with Gasteiger partial charge in [-0.2, -0.15) is 5.26 Å². The van der Waals surface area contributed by atoms with Crippen LogP contribution in [-0.4, -0.2) is 53.3 Å². The van der Waals surface area contributed by atoms with Crippen molar-refractivity contribution in [1.29, 1.82) is 5.26 Å². The van der Waals surface area contributed by atoms with E-state index in [9.17, 15) is 4.79 Å². The van der Waals surface area contributed by atoms with Gasteiger partial charge in [-0.3, -0.25) is 14.6 Å². The lowest BCUT2D eigenvalue weighted by molar-refractivity contribution is 0.0934. The molecule has 0 atom stereocenters. The molecule has 3 aromatic rings. The fraction of sp³-hybridized carbons (Fsp3) is 0.304. The molecule has 0 amide bonds. The van der Waals surface area contributed by atoms with Crippen LogP contribution in [0.5, 0.6) is 0 Å². The first-order valence-corrected chi connectivity index (χ1v) is 9.76. The van der Waals surface area contributed by atoms with E-state index < -0.39 is 0 Å². The molecule has 0 radical (unpaired) electrons. The van der Waals surface area contributed by atoms with Crippen LogP contribution < -0.4 is 0 Å². The van der Waals surface area contributed by atoms with E-state index in [4.69, 9.17) is 5.26 Å². The summed E-state index contributed by atoms with van der Waals surface area (Å²) in [4.78, 5) is 20.7. The van der Waals surface area contributed by atoms with Crippen molar-refractivity contribution in [3.8, 4) is 6.07 Å². The van der Waals surface area contributed by atoms with E-state index in [1.165, 1.54) is 5.56 Å². The Morgan fingerprint density at radius 2 is 1.75 bits per heavy atom. The Morgan fingerprint density at radius 3 is 2.57 bits per heavy atom. The van der Waals surface area contributed by atoms with Gasteiger partial charge in [0.1, 0.15) is 0 Å². The number of benzene rings is 2. The zero-order chi connectivity index (χ0) is 19.3. The van der Waals surface area contributed by atoms with Crippen molar-refractivity contribution < 1.29 is 4.79 Å². The predicted octanol–water partition coefficient (Wildman–Crippen LogP) is 3.43. The normalized spacial score (nSPS) is 16.0. The Balaban J connectivity index is 1.34. The minimum atomic E-state index is 0.179. The fourth-order valence-electron chi connectivity index (χ4n) is 3.87. The maximum atomic E-state index is 12.8. The molecule has 0 unspecified atom stereocenters. The topological polar surface area (TPSA) is 63.1 Å². The summed E-state index contributed by atoms with van der Waals surface area (Å²) in [6, 6.07) is 17.9. The lowest BCUT2D eigenvalue weighted by Crippen LogP contribution is -2.34. The van der Waals surface area contributed by atoms with Crippen LogP contribution in [0.1, 0.15) is 27.9 Å². The van der Waals surface area contributed by atoms with Gasteiger partial charge in [-0.05, 0) is 43.3 Å². The molecule has 1 N–H and O–H groups in total. The molecule has 5 heteroatoms. The van der Waals surface area contributed by atoms with Gasteiger partial charge in [0.2, 0.25) is 0 Å². The highest BCUT2D eigenvalue weighted by atomic mass is 16.1. The second-order valence-electron chi connectivity index (χ2n) is 7.39. The smallest absolute Gasteiger partial charge is 0.178 e. The van der Waals surface area contributed by atoms with Crippen LogP contribution in [0.25, 0.3) is 10.9 Å². The minimum Gasteiger partial charge on any atom is -0.360 e. The molecule has 2 aromatic carbocycles. The number of nitrogens with one attached hydrogen (secondary N) is 1. The van der Waals surface area contributed by atoms with Crippen molar-refractivity contribution in [2.75, 3.05) is 32.7 Å².